The molecule has 0 N–H and O–H groups in total. The Morgan fingerprint density at radius 1 is 0.375 bits per heavy atom. The highest BCUT2D eigenvalue weighted by Crippen LogP contribution is 2.46. The molecule has 0 fully saturated rings. The van der Waals surface area contributed by atoms with Gasteiger partial charge in [-0.25, -0.2) is 0 Å². The Hall–Kier alpha value is -8.06. The molecule has 56 heavy (non-hydrogen) atoms. The van der Waals surface area contributed by atoms with Crippen LogP contribution in [-0.4, -0.2) is 9.13 Å². The fourth-order valence-corrected chi connectivity index (χ4v) is 9.06. The molecule has 0 saturated heterocycles. The molecule has 6 heteroatoms. The predicted molar refractivity (Wildman–Crippen MR) is 225 cm³/mol. The first-order valence-electron chi connectivity index (χ1n) is 18.5. The van der Waals surface area contributed by atoms with Crippen molar-refractivity contribution in [2.45, 2.75) is 0 Å². The maximum absolute atomic E-state index is 10.4. The molecule has 0 atom stereocenters. The van der Waals surface area contributed by atoms with Gasteiger partial charge in [0.25, 0.3) is 0 Å². The van der Waals surface area contributed by atoms with Gasteiger partial charge in [-0.2, -0.15) is 10.5 Å². The molecule has 12 aromatic rings. The number of hydrogen-bond donors (Lipinski definition) is 0. The van der Waals surface area contributed by atoms with E-state index < -0.39 is 0 Å². The SMILES string of the molecule is N#Cc1ccc(-n2c3ccccc3c3ccc4oc5ccccc5c4c32)c(-c2cc(C#N)ccc2-n2c3ccccc3c3ccc4oc5ccccc5c4c32)c1. The van der Waals surface area contributed by atoms with Crippen molar-refractivity contribution in [1.29, 1.82) is 10.5 Å². The van der Waals surface area contributed by atoms with Crippen molar-refractivity contribution in [3.05, 3.63) is 169 Å². The molecule has 0 aliphatic rings. The summed E-state index contributed by atoms with van der Waals surface area (Å²) >= 11 is 0. The lowest BCUT2D eigenvalue weighted by atomic mass is 9.96. The molecule has 4 aromatic heterocycles. The molecule has 0 spiro atoms. The lowest BCUT2D eigenvalue weighted by Gasteiger charge is -2.19. The second kappa shape index (κ2) is 11.2. The van der Waals surface area contributed by atoms with Gasteiger partial charge >= 0.3 is 0 Å². The monoisotopic (exact) mass is 714 g/mol. The van der Waals surface area contributed by atoms with E-state index in [0.29, 0.717) is 11.1 Å². The summed E-state index contributed by atoms with van der Waals surface area (Å²) in [6, 6.07) is 58.2. The predicted octanol–water partition coefficient (Wildman–Crippen LogP) is 13.1. The highest BCUT2D eigenvalue weighted by molar-refractivity contribution is 6.26. The van der Waals surface area contributed by atoms with E-state index in [0.717, 1.165) is 110 Å². The van der Waals surface area contributed by atoms with E-state index in [9.17, 15) is 10.5 Å². The minimum atomic E-state index is 0.516. The van der Waals surface area contributed by atoms with E-state index in [1.54, 1.807) is 0 Å². The molecule has 6 nitrogen and oxygen atoms in total. The van der Waals surface area contributed by atoms with Gasteiger partial charge in [0.15, 0.2) is 0 Å². The van der Waals surface area contributed by atoms with Gasteiger partial charge in [-0.15, -0.1) is 0 Å². The van der Waals surface area contributed by atoms with Crippen molar-refractivity contribution >= 4 is 87.5 Å². The summed E-state index contributed by atoms with van der Waals surface area (Å²) in [5.74, 6) is 0. The molecule has 4 heterocycles. The Labute approximate surface area is 318 Å². The first-order chi connectivity index (χ1) is 27.7. The average Bonchev–Trinajstić information content (AvgIpc) is 4.00. The van der Waals surface area contributed by atoms with Gasteiger partial charge in [-0.05, 0) is 84.9 Å². The number of nitriles is 2. The fraction of sp³-hybridized carbons (Fsp3) is 0. The molecule has 0 bridgehead atoms. The van der Waals surface area contributed by atoms with Crippen LogP contribution in [0.3, 0.4) is 0 Å². The highest BCUT2D eigenvalue weighted by Gasteiger charge is 2.25. The first-order valence-corrected chi connectivity index (χ1v) is 18.5. The standard InChI is InChI=1S/C50H26N4O2/c51-27-29-17-21-41(53-39-13-5-1-9-31(39)33-19-23-45-47(49(33)53)35-11-3-7-15-43(35)55-45)37(25-29)38-26-30(28-52)18-22-42(38)54-40-14-6-2-10-32(40)34-20-24-46-48(50(34)54)36-12-4-8-16-44(36)56-46/h1-26H. The zero-order valence-corrected chi connectivity index (χ0v) is 29.6. The van der Waals surface area contributed by atoms with Crippen LogP contribution in [0.4, 0.5) is 0 Å². The third kappa shape index (κ3) is 4.02. The van der Waals surface area contributed by atoms with Crippen LogP contribution in [-0.2, 0) is 0 Å². The van der Waals surface area contributed by atoms with Crippen LogP contribution in [0.1, 0.15) is 11.1 Å². The Balaban J connectivity index is 1.26. The maximum atomic E-state index is 10.4. The molecular weight excluding hydrogens is 689 g/mol. The van der Waals surface area contributed by atoms with Crippen molar-refractivity contribution in [2.24, 2.45) is 0 Å². The van der Waals surface area contributed by atoms with Crippen molar-refractivity contribution in [2.75, 3.05) is 0 Å². The van der Waals surface area contributed by atoms with E-state index >= 15 is 0 Å². The molecule has 8 aromatic carbocycles. The van der Waals surface area contributed by atoms with E-state index in [1.165, 1.54) is 0 Å². The average molecular weight is 715 g/mol. The van der Waals surface area contributed by atoms with Crippen LogP contribution in [0.15, 0.2) is 167 Å². The molecule has 0 aliphatic heterocycles. The number of furan rings is 2. The van der Waals surface area contributed by atoms with Crippen molar-refractivity contribution in [3.63, 3.8) is 0 Å². The maximum Gasteiger partial charge on any atom is 0.137 e. The molecule has 0 unspecified atom stereocenters. The van der Waals surface area contributed by atoms with Crippen LogP contribution < -0.4 is 0 Å². The summed E-state index contributed by atoms with van der Waals surface area (Å²) in [7, 11) is 0. The number of nitrogens with zero attached hydrogens (tertiary/aromatic N) is 4. The molecule has 12 rings (SSSR count). The third-order valence-corrected chi connectivity index (χ3v) is 11.4. The van der Waals surface area contributed by atoms with Crippen molar-refractivity contribution < 1.29 is 8.83 Å². The molecule has 0 aliphatic carbocycles. The zero-order valence-electron chi connectivity index (χ0n) is 29.6. The van der Waals surface area contributed by atoms with Crippen molar-refractivity contribution in [1.82, 2.24) is 9.13 Å². The molecule has 0 amide bonds. The number of benzene rings is 8. The van der Waals surface area contributed by atoms with E-state index in [-0.39, 0.29) is 0 Å². The lowest BCUT2D eigenvalue weighted by Crippen LogP contribution is -2.03. The van der Waals surface area contributed by atoms with E-state index in [1.807, 2.05) is 72.8 Å². The molecule has 258 valence electrons. The minimum absolute atomic E-state index is 0.516. The van der Waals surface area contributed by atoms with Crippen LogP contribution >= 0.6 is 0 Å². The van der Waals surface area contributed by atoms with E-state index in [2.05, 4.69) is 106 Å². The highest BCUT2D eigenvalue weighted by atomic mass is 16.3. The second-order valence-corrected chi connectivity index (χ2v) is 14.3. The van der Waals surface area contributed by atoms with Crippen LogP contribution in [0, 0.1) is 22.7 Å². The molecule has 0 radical (unpaired) electrons. The summed E-state index contributed by atoms with van der Waals surface area (Å²) in [5.41, 5.74) is 11.7. The second-order valence-electron chi connectivity index (χ2n) is 14.3. The Bertz CT molecular complexity index is 3500. The summed E-state index contributed by atoms with van der Waals surface area (Å²) in [6.07, 6.45) is 0. The summed E-state index contributed by atoms with van der Waals surface area (Å²) in [5, 5.41) is 29.3. The topological polar surface area (TPSA) is 83.7 Å². The molecule has 0 saturated carbocycles. The van der Waals surface area contributed by atoms with Crippen LogP contribution in [0.25, 0.3) is 110 Å². The first kappa shape index (κ1) is 30.4. The van der Waals surface area contributed by atoms with E-state index in [4.69, 9.17) is 8.83 Å². The van der Waals surface area contributed by atoms with Gasteiger partial charge in [-0.3, -0.25) is 0 Å². The quantitative estimate of drug-likeness (QED) is 0.182. The third-order valence-electron chi connectivity index (χ3n) is 11.4. The van der Waals surface area contributed by atoms with Crippen LogP contribution in [0.5, 0.6) is 0 Å². The largest absolute Gasteiger partial charge is 0.456 e. The van der Waals surface area contributed by atoms with Crippen molar-refractivity contribution in [3.8, 4) is 34.6 Å². The Morgan fingerprint density at radius 2 is 0.786 bits per heavy atom. The zero-order chi connectivity index (χ0) is 37.1. The van der Waals surface area contributed by atoms with Gasteiger partial charge in [0.05, 0.1) is 67.5 Å². The van der Waals surface area contributed by atoms with Gasteiger partial charge in [-0.1, -0.05) is 72.8 Å². The lowest BCUT2D eigenvalue weighted by molar-refractivity contribution is 0.669. The normalized spacial score (nSPS) is 11.9. The Morgan fingerprint density at radius 3 is 1.23 bits per heavy atom. The summed E-state index contributed by atoms with van der Waals surface area (Å²) in [6.45, 7) is 0. The minimum Gasteiger partial charge on any atom is -0.456 e. The van der Waals surface area contributed by atoms with Gasteiger partial charge in [0.1, 0.15) is 22.3 Å². The number of aromatic nitrogens is 2. The summed E-state index contributed by atoms with van der Waals surface area (Å²) in [4.78, 5) is 0. The number of para-hydroxylation sites is 4. The number of fused-ring (bicyclic) bond motifs is 14. The summed E-state index contributed by atoms with van der Waals surface area (Å²) < 4.78 is 17.5. The number of hydrogen-bond acceptors (Lipinski definition) is 4. The van der Waals surface area contributed by atoms with Gasteiger partial charge in [0, 0.05) is 43.4 Å². The Kier molecular flexibility index (Phi) is 6.10. The van der Waals surface area contributed by atoms with Gasteiger partial charge in [0.2, 0.25) is 0 Å². The smallest absolute Gasteiger partial charge is 0.137 e. The van der Waals surface area contributed by atoms with Gasteiger partial charge < -0.3 is 18.0 Å². The number of rotatable bonds is 3. The molecular formula is C50H26N4O2. The van der Waals surface area contributed by atoms with Crippen LogP contribution in [0.2, 0.25) is 0 Å². The fourth-order valence-electron chi connectivity index (χ4n) is 9.06.